The van der Waals surface area contributed by atoms with E-state index < -0.39 is 17.8 Å². The molecule has 0 unspecified atom stereocenters. The summed E-state index contributed by atoms with van der Waals surface area (Å²) in [6.45, 7) is 0. The maximum Gasteiger partial charge on any atom is 0.335 e. The predicted molar refractivity (Wildman–Crippen MR) is 115 cm³/mol. The first-order chi connectivity index (χ1) is 14.3. The lowest BCUT2D eigenvalue weighted by Crippen LogP contribution is -2.54. The predicted octanol–water partition coefficient (Wildman–Crippen LogP) is 5.57. The molecule has 2 aromatic carbocycles. The van der Waals surface area contributed by atoms with Crippen LogP contribution in [0.3, 0.4) is 0 Å². The van der Waals surface area contributed by atoms with Crippen LogP contribution in [-0.2, 0) is 9.59 Å². The zero-order valence-corrected chi connectivity index (χ0v) is 17.3. The number of anilines is 1. The molecule has 0 saturated carbocycles. The van der Waals surface area contributed by atoms with Gasteiger partial charge < -0.3 is 4.42 Å². The number of benzene rings is 2. The van der Waals surface area contributed by atoms with Crippen molar-refractivity contribution < 1.29 is 18.8 Å². The Bertz CT molecular complexity index is 1220. The van der Waals surface area contributed by atoms with E-state index in [1.165, 1.54) is 30.3 Å². The Kier molecular flexibility index (Phi) is 5.39. The van der Waals surface area contributed by atoms with Crippen molar-refractivity contribution in [3.63, 3.8) is 0 Å². The van der Waals surface area contributed by atoms with E-state index in [0.29, 0.717) is 26.4 Å². The van der Waals surface area contributed by atoms with Gasteiger partial charge in [0.25, 0.3) is 11.8 Å². The van der Waals surface area contributed by atoms with Crippen LogP contribution in [0.2, 0.25) is 15.1 Å². The van der Waals surface area contributed by atoms with Gasteiger partial charge in [-0.2, -0.15) is 0 Å². The summed E-state index contributed by atoms with van der Waals surface area (Å²) in [5, 5.41) is 3.49. The second-order valence-electron chi connectivity index (χ2n) is 6.26. The Hall–Kier alpha value is -3.06. The zero-order chi connectivity index (χ0) is 21.4. The fourth-order valence-electron chi connectivity index (χ4n) is 2.89. The fourth-order valence-corrected chi connectivity index (χ4v) is 3.39. The summed E-state index contributed by atoms with van der Waals surface area (Å²) >= 11 is 18.1. The van der Waals surface area contributed by atoms with E-state index in [1.54, 1.807) is 30.3 Å². The Morgan fingerprint density at radius 3 is 2.30 bits per heavy atom. The maximum absolute atomic E-state index is 12.9. The molecule has 6 nitrogen and oxygen atoms in total. The van der Waals surface area contributed by atoms with E-state index in [2.05, 4.69) is 5.32 Å². The van der Waals surface area contributed by atoms with Gasteiger partial charge in [-0.15, -0.1) is 0 Å². The molecule has 1 fully saturated rings. The monoisotopic (exact) mass is 460 g/mol. The lowest BCUT2D eigenvalue weighted by Gasteiger charge is -2.26. The molecule has 2 heterocycles. The third-order valence-electron chi connectivity index (χ3n) is 4.29. The number of nitrogens with one attached hydrogen (secondary N) is 1. The molecule has 1 saturated heterocycles. The average Bonchev–Trinajstić information content (AvgIpc) is 3.17. The molecule has 0 bridgehead atoms. The van der Waals surface area contributed by atoms with E-state index in [0.717, 1.165) is 4.90 Å². The lowest BCUT2D eigenvalue weighted by molar-refractivity contribution is -0.122. The van der Waals surface area contributed by atoms with Crippen LogP contribution in [0.1, 0.15) is 5.76 Å². The van der Waals surface area contributed by atoms with Crippen LogP contribution < -0.4 is 10.2 Å². The number of carbonyl (C=O) groups excluding carboxylic acids is 3. The van der Waals surface area contributed by atoms with Crippen molar-refractivity contribution in [1.29, 1.82) is 0 Å². The zero-order valence-electron chi connectivity index (χ0n) is 15.0. The van der Waals surface area contributed by atoms with Gasteiger partial charge in [0.05, 0.1) is 10.7 Å². The topological polar surface area (TPSA) is 79.6 Å². The van der Waals surface area contributed by atoms with E-state index in [9.17, 15) is 14.4 Å². The van der Waals surface area contributed by atoms with Crippen LogP contribution in [0.4, 0.5) is 10.5 Å². The number of amides is 4. The van der Waals surface area contributed by atoms with Crippen LogP contribution in [-0.4, -0.2) is 17.8 Å². The van der Waals surface area contributed by atoms with Gasteiger partial charge in [-0.25, -0.2) is 9.69 Å². The summed E-state index contributed by atoms with van der Waals surface area (Å²) in [4.78, 5) is 38.2. The minimum atomic E-state index is -0.852. The molecule has 1 aliphatic rings. The number of urea groups is 1. The van der Waals surface area contributed by atoms with Gasteiger partial charge in [0.1, 0.15) is 17.1 Å². The van der Waals surface area contributed by atoms with Crippen molar-refractivity contribution in [3.8, 4) is 11.3 Å². The summed E-state index contributed by atoms with van der Waals surface area (Å²) in [7, 11) is 0. The number of halogens is 3. The van der Waals surface area contributed by atoms with E-state index >= 15 is 0 Å². The second-order valence-corrected chi connectivity index (χ2v) is 7.54. The van der Waals surface area contributed by atoms with Crippen molar-refractivity contribution >= 4 is 64.4 Å². The normalized spacial score (nSPS) is 15.6. The number of barbiturate groups is 1. The highest BCUT2D eigenvalue weighted by molar-refractivity contribution is 6.39. The molecular formula is C21H11Cl3N2O4. The second kappa shape index (κ2) is 7.99. The van der Waals surface area contributed by atoms with Gasteiger partial charge >= 0.3 is 6.03 Å². The number of furan rings is 1. The van der Waals surface area contributed by atoms with Crippen molar-refractivity contribution in [3.05, 3.63) is 81.0 Å². The van der Waals surface area contributed by atoms with Crippen molar-refractivity contribution in [1.82, 2.24) is 5.32 Å². The molecule has 1 aliphatic heterocycles. The number of carbonyl (C=O) groups is 3. The Labute approximate surface area is 185 Å². The van der Waals surface area contributed by atoms with Crippen molar-refractivity contribution in [2.75, 3.05) is 4.90 Å². The van der Waals surface area contributed by atoms with Gasteiger partial charge in [0.2, 0.25) is 0 Å². The van der Waals surface area contributed by atoms with Crippen LogP contribution in [0, 0.1) is 0 Å². The van der Waals surface area contributed by atoms with E-state index in [1.807, 2.05) is 0 Å². The largest absolute Gasteiger partial charge is 0.457 e. The first-order valence-electron chi connectivity index (χ1n) is 8.56. The minimum absolute atomic E-state index is 0.227. The van der Waals surface area contributed by atoms with E-state index in [-0.39, 0.29) is 17.0 Å². The third-order valence-corrected chi connectivity index (χ3v) is 5.11. The summed E-state index contributed by atoms with van der Waals surface area (Å²) in [6.07, 6.45) is 1.26. The molecular weight excluding hydrogens is 451 g/mol. The van der Waals surface area contributed by atoms with Gasteiger partial charge in [-0.1, -0.05) is 34.8 Å². The molecule has 4 amide bonds. The average molecular weight is 462 g/mol. The summed E-state index contributed by atoms with van der Waals surface area (Å²) in [5.74, 6) is -0.979. The molecule has 4 rings (SSSR count). The smallest absolute Gasteiger partial charge is 0.335 e. The molecule has 0 radical (unpaired) electrons. The lowest BCUT2D eigenvalue weighted by atomic mass is 10.1. The molecule has 3 aromatic rings. The van der Waals surface area contributed by atoms with Gasteiger partial charge in [-0.05, 0) is 60.7 Å². The summed E-state index contributed by atoms with van der Waals surface area (Å²) in [5.41, 5.74) is 0.569. The molecule has 0 spiro atoms. The third kappa shape index (κ3) is 3.85. The van der Waals surface area contributed by atoms with Gasteiger partial charge in [0, 0.05) is 15.6 Å². The Morgan fingerprint density at radius 1 is 0.867 bits per heavy atom. The summed E-state index contributed by atoms with van der Waals surface area (Å²) in [6, 6.07) is 13.3. The quantitative estimate of drug-likeness (QED) is 0.408. The number of nitrogens with zero attached hydrogens (tertiary/aromatic N) is 1. The Morgan fingerprint density at radius 2 is 1.57 bits per heavy atom. The van der Waals surface area contributed by atoms with Crippen LogP contribution in [0.5, 0.6) is 0 Å². The van der Waals surface area contributed by atoms with Crippen LogP contribution >= 0.6 is 34.8 Å². The molecule has 1 aromatic heterocycles. The first kappa shape index (κ1) is 20.2. The minimum Gasteiger partial charge on any atom is -0.457 e. The van der Waals surface area contributed by atoms with Crippen molar-refractivity contribution in [2.45, 2.75) is 0 Å². The fraction of sp³-hybridized carbons (Fsp3) is 0. The van der Waals surface area contributed by atoms with Crippen LogP contribution in [0.15, 0.2) is 64.6 Å². The molecule has 9 heteroatoms. The number of hydrogen-bond donors (Lipinski definition) is 1. The number of rotatable bonds is 3. The standard InChI is InChI=1S/C21H11Cl3N2O4/c22-11-1-4-13(5-2-11)26-20(28)16(19(27)25-21(26)29)10-14-6-8-18(30-14)15-9-12(23)3-7-17(15)24/h1-10H,(H,25,27,29)/b16-10+. The highest BCUT2D eigenvalue weighted by Crippen LogP contribution is 2.32. The first-order valence-corrected chi connectivity index (χ1v) is 9.69. The SMILES string of the molecule is O=C1NC(=O)N(c2ccc(Cl)cc2)C(=O)/C1=C/c1ccc(-c2cc(Cl)ccc2Cl)o1. The summed E-state index contributed by atoms with van der Waals surface area (Å²) < 4.78 is 5.72. The molecule has 0 aliphatic carbocycles. The molecule has 30 heavy (non-hydrogen) atoms. The Balaban J connectivity index is 1.69. The number of imide groups is 2. The molecule has 1 N–H and O–H groups in total. The van der Waals surface area contributed by atoms with Crippen molar-refractivity contribution in [2.24, 2.45) is 0 Å². The number of hydrogen-bond acceptors (Lipinski definition) is 4. The van der Waals surface area contributed by atoms with E-state index in [4.69, 9.17) is 39.2 Å². The maximum atomic E-state index is 12.9. The highest BCUT2D eigenvalue weighted by Gasteiger charge is 2.37. The van der Waals surface area contributed by atoms with Crippen LogP contribution in [0.25, 0.3) is 17.4 Å². The highest BCUT2D eigenvalue weighted by atomic mass is 35.5. The van der Waals surface area contributed by atoms with Gasteiger partial charge in [-0.3, -0.25) is 14.9 Å². The van der Waals surface area contributed by atoms with Gasteiger partial charge in [0.15, 0.2) is 0 Å². The molecule has 0 atom stereocenters. The molecule has 150 valence electrons.